The number of nitrogens with one attached hydrogen (secondary N) is 1. The molecule has 0 bridgehead atoms. The van der Waals surface area contributed by atoms with Gasteiger partial charge in [0.25, 0.3) is 5.91 Å². The summed E-state index contributed by atoms with van der Waals surface area (Å²) in [6.45, 7) is 2.09. The highest BCUT2D eigenvalue weighted by molar-refractivity contribution is 7.98. The molecule has 0 unspecified atom stereocenters. The smallest absolute Gasteiger partial charge is 0.260 e. The number of carbonyl (C=O) groups excluding carboxylic acids is 1. The standard InChI is InChI=1S/C20H25FN2O4S2/c1-15(27-18-10-8-17(9-11-18)23(2)29(3,25)26)20(24)22-12-13-28-14-16-6-4-5-7-19(16)21/h4-11,15H,12-14H2,1-3H3,(H,22,24)/t15-/m1/s1. The minimum Gasteiger partial charge on any atom is -0.481 e. The van der Waals surface area contributed by atoms with Crippen LogP contribution in [0.2, 0.25) is 0 Å². The van der Waals surface area contributed by atoms with Crippen LogP contribution in [0.15, 0.2) is 48.5 Å². The first-order chi connectivity index (χ1) is 13.7. The van der Waals surface area contributed by atoms with Crippen LogP contribution < -0.4 is 14.4 Å². The topological polar surface area (TPSA) is 75.7 Å². The van der Waals surface area contributed by atoms with E-state index in [2.05, 4.69) is 5.32 Å². The summed E-state index contributed by atoms with van der Waals surface area (Å²) in [5, 5.41) is 2.79. The second kappa shape index (κ2) is 10.5. The molecule has 0 heterocycles. The number of halogens is 1. The normalized spacial score (nSPS) is 12.3. The molecule has 2 aromatic carbocycles. The average molecular weight is 441 g/mol. The van der Waals surface area contributed by atoms with Gasteiger partial charge in [-0.3, -0.25) is 9.10 Å². The molecule has 158 valence electrons. The molecule has 0 saturated carbocycles. The minimum atomic E-state index is -3.33. The van der Waals surface area contributed by atoms with Crippen molar-refractivity contribution in [2.24, 2.45) is 0 Å². The van der Waals surface area contributed by atoms with E-state index in [1.165, 1.54) is 24.9 Å². The lowest BCUT2D eigenvalue weighted by Crippen LogP contribution is -2.37. The third-order valence-corrected chi connectivity index (χ3v) is 6.35. The molecular formula is C20H25FN2O4S2. The van der Waals surface area contributed by atoms with Gasteiger partial charge in [0.05, 0.1) is 11.9 Å². The van der Waals surface area contributed by atoms with E-state index in [4.69, 9.17) is 4.74 Å². The minimum absolute atomic E-state index is 0.222. The first-order valence-electron chi connectivity index (χ1n) is 8.98. The number of carbonyl (C=O) groups is 1. The van der Waals surface area contributed by atoms with E-state index in [-0.39, 0.29) is 11.7 Å². The molecule has 0 aliphatic heterocycles. The molecule has 0 fully saturated rings. The van der Waals surface area contributed by atoms with Crippen molar-refractivity contribution < 1.29 is 22.3 Å². The van der Waals surface area contributed by atoms with Crippen molar-refractivity contribution in [2.45, 2.75) is 18.8 Å². The van der Waals surface area contributed by atoms with Gasteiger partial charge in [-0.15, -0.1) is 0 Å². The lowest BCUT2D eigenvalue weighted by Gasteiger charge is -2.18. The Balaban J connectivity index is 1.74. The van der Waals surface area contributed by atoms with Gasteiger partial charge in [-0.25, -0.2) is 12.8 Å². The summed E-state index contributed by atoms with van der Waals surface area (Å²) in [4.78, 5) is 12.1. The molecule has 1 atom stereocenters. The number of nitrogens with zero attached hydrogens (tertiary/aromatic N) is 1. The van der Waals surface area contributed by atoms with Crippen LogP contribution in [0.25, 0.3) is 0 Å². The summed E-state index contributed by atoms with van der Waals surface area (Å²) in [6, 6.07) is 13.1. The molecule has 0 radical (unpaired) electrons. The highest BCUT2D eigenvalue weighted by Crippen LogP contribution is 2.21. The van der Waals surface area contributed by atoms with Gasteiger partial charge in [0.2, 0.25) is 10.0 Å². The average Bonchev–Trinajstić information content (AvgIpc) is 2.68. The van der Waals surface area contributed by atoms with Gasteiger partial charge in [0.1, 0.15) is 11.6 Å². The SMILES string of the molecule is C[C@@H](Oc1ccc(N(C)S(C)(=O)=O)cc1)C(=O)NCCSCc1ccccc1F. The summed E-state index contributed by atoms with van der Waals surface area (Å²) in [5.74, 6) is 1.18. The molecule has 0 aliphatic carbocycles. The van der Waals surface area contributed by atoms with Gasteiger partial charge in [-0.1, -0.05) is 18.2 Å². The van der Waals surface area contributed by atoms with Crippen molar-refractivity contribution in [2.75, 3.05) is 29.9 Å². The Labute approximate surface area is 175 Å². The van der Waals surface area contributed by atoms with Crippen LogP contribution in [-0.4, -0.2) is 46.0 Å². The molecule has 1 amide bonds. The van der Waals surface area contributed by atoms with E-state index >= 15 is 0 Å². The zero-order valence-electron chi connectivity index (χ0n) is 16.6. The van der Waals surface area contributed by atoms with Crippen molar-refractivity contribution in [3.8, 4) is 5.75 Å². The molecule has 0 aliphatic rings. The van der Waals surface area contributed by atoms with Crippen molar-refractivity contribution in [1.29, 1.82) is 0 Å². The van der Waals surface area contributed by atoms with E-state index in [9.17, 15) is 17.6 Å². The largest absolute Gasteiger partial charge is 0.481 e. The fourth-order valence-electron chi connectivity index (χ4n) is 2.37. The molecule has 6 nitrogen and oxygen atoms in total. The highest BCUT2D eigenvalue weighted by atomic mass is 32.2. The fraction of sp³-hybridized carbons (Fsp3) is 0.350. The maximum Gasteiger partial charge on any atom is 0.260 e. The van der Waals surface area contributed by atoms with Gasteiger partial charge in [0, 0.05) is 25.1 Å². The van der Waals surface area contributed by atoms with Crippen LogP contribution >= 0.6 is 11.8 Å². The maximum atomic E-state index is 13.5. The van der Waals surface area contributed by atoms with Crippen molar-refractivity contribution in [3.63, 3.8) is 0 Å². The summed E-state index contributed by atoms with van der Waals surface area (Å²) >= 11 is 1.54. The summed E-state index contributed by atoms with van der Waals surface area (Å²) in [7, 11) is -1.87. The first kappa shape index (κ1) is 23.0. The van der Waals surface area contributed by atoms with Gasteiger partial charge in [-0.2, -0.15) is 11.8 Å². The van der Waals surface area contributed by atoms with E-state index in [1.807, 2.05) is 0 Å². The Morgan fingerprint density at radius 1 is 1.21 bits per heavy atom. The Bertz CT molecular complexity index is 920. The number of ether oxygens (including phenoxy) is 1. The van der Waals surface area contributed by atoms with E-state index in [0.29, 0.717) is 35.1 Å². The van der Waals surface area contributed by atoms with Crippen LogP contribution in [0, 0.1) is 5.82 Å². The molecule has 29 heavy (non-hydrogen) atoms. The number of amides is 1. The molecule has 2 aromatic rings. The van der Waals surface area contributed by atoms with Crippen molar-refractivity contribution in [3.05, 3.63) is 59.9 Å². The summed E-state index contributed by atoms with van der Waals surface area (Å²) < 4.78 is 43.4. The summed E-state index contributed by atoms with van der Waals surface area (Å²) in [6.07, 6.45) is 0.420. The molecule has 2 rings (SSSR count). The van der Waals surface area contributed by atoms with Crippen LogP contribution in [-0.2, 0) is 20.6 Å². The van der Waals surface area contributed by atoms with Gasteiger partial charge >= 0.3 is 0 Å². The molecule has 0 spiro atoms. The number of rotatable bonds is 10. The number of hydrogen-bond donors (Lipinski definition) is 1. The van der Waals surface area contributed by atoms with Gasteiger partial charge in [-0.05, 0) is 42.8 Å². The van der Waals surface area contributed by atoms with Crippen molar-refractivity contribution >= 4 is 33.4 Å². The van der Waals surface area contributed by atoms with Crippen molar-refractivity contribution in [1.82, 2.24) is 5.32 Å². The quantitative estimate of drug-likeness (QED) is 0.575. The van der Waals surface area contributed by atoms with Gasteiger partial charge in [0.15, 0.2) is 6.10 Å². The monoisotopic (exact) mass is 440 g/mol. The first-order valence-corrected chi connectivity index (χ1v) is 12.0. The lowest BCUT2D eigenvalue weighted by atomic mass is 10.2. The maximum absolute atomic E-state index is 13.5. The fourth-order valence-corrected chi connectivity index (χ4v) is 3.72. The predicted octanol–water partition coefficient (Wildman–Crippen LogP) is 3.04. The second-order valence-corrected chi connectivity index (χ2v) is 9.54. The zero-order valence-corrected chi connectivity index (χ0v) is 18.2. The van der Waals surface area contributed by atoms with Crippen LogP contribution in [0.4, 0.5) is 10.1 Å². The Hall–Kier alpha value is -2.26. The van der Waals surface area contributed by atoms with E-state index in [1.54, 1.807) is 49.4 Å². The summed E-state index contributed by atoms with van der Waals surface area (Å²) in [5.41, 5.74) is 1.15. The Morgan fingerprint density at radius 2 is 1.86 bits per heavy atom. The number of sulfonamides is 1. The molecule has 9 heteroatoms. The van der Waals surface area contributed by atoms with Crippen LogP contribution in [0.1, 0.15) is 12.5 Å². The molecule has 0 saturated heterocycles. The molecule has 0 aromatic heterocycles. The number of hydrogen-bond acceptors (Lipinski definition) is 5. The zero-order chi connectivity index (χ0) is 21.4. The van der Waals surface area contributed by atoms with Crippen LogP contribution in [0.5, 0.6) is 5.75 Å². The molecule has 1 N–H and O–H groups in total. The number of benzene rings is 2. The van der Waals surface area contributed by atoms with E-state index < -0.39 is 16.1 Å². The number of thioether (sulfide) groups is 1. The Kier molecular flexibility index (Phi) is 8.33. The highest BCUT2D eigenvalue weighted by Gasteiger charge is 2.15. The molecular weight excluding hydrogens is 415 g/mol. The Morgan fingerprint density at radius 3 is 2.48 bits per heavy atom. The van der Waals surface area contributed by atoms with E-state index in [0.717, 1.165) is 10.6 Å². The van der Waals surface area contributed by atoms with Crippen LogP contribution in [0.3, 0.4) is 0 Å². The third kappa shape index (κ3) is 7.25. The van der Waals surface area contributed by atoms with Gasteiger partial charge < -0.3 is 10.1 Å². The number of anilines is 1. The third-order valence-electron chi connectivity index (χ3n) is 4.14. The predicted molar refractivity (Wildman–Crippen MR) is 115 cm³/mol. The lowest BCUT2D eigenvalue weighted by molar-refractivity contribution is -0.127. The second-order valence-electron chi connectivity index (χ2n) is 6.42.